The number of thiocarbonyl (C=S) groups is 1. The molecule has 0 radical (unpaired) electrons. The second kappa shape index (κ2) is 11.2. The molecule has 1 saturated heterocycles. The van der Waals surface area contributed by atoms with Gasteiger partial charge < -0.3 is 19.5 Å². The van der Waals surface area contributed by atoms with Gasteiger partial charge in [-0.3, -0.25) is 19.1 Å². The van der Waals surface area contributed by atoms with Crippen LogP contribution in [0.5, 0.6) is 11.5 Å². The van der Waals surface area contributed by atoms with E-state index in [1.54, 1.807) is 24.7 Å². The molecular weight excluding hydrogens is 500 g/mol. The standard InChI is InChI=1S/C25H26N4O5S2/c1-4-7-28-22(27-13-16-5-6-19-20(10-16)34-14-33-19)17(15(2)18(12-26)23(28)30)11-21-24(31)29(8-9-32-3)25(35)36-21/h5-6,10-11,27H,4,7-9,13-14H2,1-3H3/b21-11+. The highest BCUT2D eigenvalue weighted by molar-refractivity contribution is 8.26. The number of rotatable bonds is 9. The van der Waals surface area contributed by atoms with Crippen LogP contribution >= 0.6 is 24.0 Å². The minimum atomic E-state index is -0.366. The summed E-state index contributed by atoms with van der Waals surface area (Å²) in [5, 5.41) is 13.1. The molecule has 9 nitrogen and oxygen atoms in total. The van der Waals surface area contributed by atoms with Crippen LogP contribution in [0.1, 0.15) is 35.6 Å². The molecule has 0 spiro atoms. The third-order valence-electron chi connectivity index (χ3n) is 5.89. The van der Waals surface area contributed by atoms with E-state index in [-0.39, 0.29) is 23.8 Å². The van der Waals surface area contributed by atoms with E-state index in [9.17, 15) is 14.9 Å². The van der Waals surface area contributed by atoms with Crippen LogP contribution in [0.3, 0.4) is 0 Å². The second-order valence-electron chi connectivity index (χ2n) is 8.20. The molecule has 2 aromatic rings. The lowest BCUT2D eigenvalue weighted by Crippen LogP contribution is -2.31. The van der Waals surface area contributed by atoms with Crippen molar-refractivity contribution in [3.8, 4) is 17.6 Å². The van der Waals surface area contributed by atoms with Crippen LogP contribution in [-0.2, 0) is 22.6 Å². The van der Waals surface area contributed by atoms with Crippen LogP contribution in [0.25, 0.3) is 6.08 Å². The fourth-order valence-corrected chi connectivity index (χ4v) is 5.32. The Balaban J connectivity index is 1.77. The van der Waals surface area contributed by atoms with Gasteiger partial charge in [-0.2, -0.15) is 5.26 Å². The van der Waals surface area contributed by atoms with Crippen LogP contribution in [0, 0.1) is 18.3 Å². The van der Waals surface area contributed by atoms with Crippen LogP contribution in [-0.4, -0.2) is 46.7 Å². The Morgan fingerprint density at radius 1 is 1.28 bits per heavy atom. The maximum atomic E-state index is 13.2. The predicted octanol–water partition coefficient (Wildman–Crippen LogP) is 3.63. The van der Waals surface area contributed by atoms with Gasteiger partial charge >= 0.3 is 0 Å². The van der Waals surface area contributed by atoms with Crippen molar-refractivity contribution in [1.29, 1.82) is 5.26 Å². The number of ether oxygens (including phenoxy) is 3. The Morgan fingerprint density at radius 3 is 2.78 bits per heavy atom. The van der Waals surface area contributed by atoms with Crippen molar-refractivity contribution in [2.75, 3.05) is 32.4 Å². The van der Waals surface area contributed by atoms with Crippen LogP contribution in [0.2, 0.25) is 0 Å². The molecule has 1 N–H and O–H groups in total. The first-order valence-corrected chi connectivity index (χ1v) is 12.7. The molecule has 4 rings (SSSR count). The molecule has 11 heteroatoms. The van der Waals surface area contributed by atoms with Gasteiger partial charge in [0.15, 0.2) is 11.5 Å². The van der Waals surface area contributed by atoms with Crippen molar-refractivity contribution in [3.63, 3.8) is 0 Å². The summed E-state index contributed by atoms with van der Waals surface area (Å²) in [6, 6.07) is 7.69. The van der Waals surface area contributed by atoms with E-state index in [0.29, 0.717) is 70.3 Å². The Hall–Kier alpha value is -3.33. The van der Waals surface area contributed by atoms with Gasteiger partial charge in [0, 0.05) is 25.8 Å². The molecular formula is C25H26N4O5S2. The Morgan fingerprint density at radius 2 is 2.06 bits per heavy atom. The van der Waals surface area contributed by atoms with E-state index in [0.717, 1.165) is 5.56 Å². The number of nitriles is 1. The molecule has 3 heterocycles. The van der Waals surface area contributed by atoms with Gasteiger partial charge in [-0.25, -0.2) is 0 Å². The monoisotopic (exact) mass is 526 g/mol. The molecule has 0 aliphatic carbocycles. The number of anilines is 1. The molecule has 1 fully saturated rings. The molecule has 2 aliphatic rings. The quantitative estimate of drug-likeness (QED) is 0.387. The van der Waals surface area contributed by atoms with Gasteiger partial charge in [-0.05, 0) is 42.7 Å². The minimum absolute atomic E-state index is 0.0539. The van der Waals surface area contributed by atoms with Crippen molar-refractivity contribution in [2.45, 2.75) is 33.4 Å². The molecule has 0 saturated carbocycles. The van der Waals surface area contributed by atoms with Gasteiger partial charge in [-0.1, -0.05) is 37.0 Å². The van der Waals surface area contributed by atoms with Gasteiger partial charge in [0.05, 0.1) is 18.1 Å². The maximum absolute atomic E-state index is 13.2. The SMILES string of the molecule is CCCn1c(NCc2ccc3c(c2)OCO3)c(/C=C2/SC(=S)N(CCOC)C2=O)c(C)c(C#N)c1=O. The first kappa shape index (κ1) is 25.8. The predicted molar refractivity (Wildman–Crippen MR) is 142 cm³/mol. The molecule has 188 valence electrons. The summed E-state index contributed by atoms with van der Waals surface area (Å²) in [5.41, 5.74) is 1.72. The molecule has 0 unspecified atom stereocenters. The smallest absolute Gasteiger partial charge is 0.270 e. The highest BCUT2D eigenvalue weighted by atomic mass is 32.2. The number of benzene rings is 1. The van der Waals surface area contributed by atoms with Gasteiger partial charge in [-0.15, -0.1) is 0 Å². The normalized spacial score (nSPS) is 15.6. The van der Waals surface area contributed by atoms with Gasteiger partial charge in [0.1, 0.15) is 21.8 Å². The summed E-state index contributed by atoms with van der Waals surface area (Å²) in [5.74, 6) is 1.66. The second-order valence-corrected chi connectivity index (χ2v) is 9.87. The number of methoxy groups -OCH3 is 1. The summed E-state index contributed by atoms with van der Waals surface area (Å²) in [4.78, 5) is 28.2. The number of nitrogens with zero attached hydrogens (tertiary/aromatic N) is 3. The van der Waals surface area contributed by atoms with Crippen LogP contribution in [0.15, 0.2) is 27.9 Å². The summed E-state index contributed by atoms with van der Waals surface area (Å²) in [7, 11) is 1.56. The lowest BCUT2D eigenvalue weighted by atomic mass is 10.0. The third kappa shape index (κ3) is 4.97. The summed E-state index contributed by atoms with van der Waals surface area (Å²) in [6.45, 7) is 5.38. The fraction of sp³-hybridized carbons (Fsp3) is 0.360. The average Bonchev–Trinajstić information content (AvgIpc) is 3.44. The molecule has 1 aromatic heterocycles. The number of aromatic nitrogens is 1. The maximum Gasteiger partial charge on any atom is 0.270 e. The summed E-state index contributed by atoms with van der Waals surface area (Å²) >= 11 is 6.60. The molecule has 1 aromatic carbocycles. The zero-order valence-corrected chi connectivity index (χ0v) is 21.9. The largest absolute Gasteiger partial charge is 0.454 e. The van der Waals surface area contributed by atoms with E-state index < -0.39 is 0 Å². The minimum Gasteiger partial charge on any atom is -0.454 e. The van der Waals surface area contributed by atoms with Crippen molar-refractivity contribution in [1.82, 2.24) is 9.47 Å². The highest BCUT2D eigenvalue weighted by Gasteiger charge is 2.32. The third-order valence-corrected chi connectivity index (χ3v) is 7.26. The average molecular weight is 527 g/mol. The van der Waals surface area contributed by atoms with Crippen LogP contribution in [0.4, 0.5) is 5.82 Å². The fourth-order valence-electron chi connectivity index (χ4n) is 4.03. The number of nitrogens with one attached hydrogen (secondary N) is 1. The van der Waals surface area contributed by atoms with Gasteiger partial charge in [0.2, 0.25) is 6.79 Å². The Labute approximate surface area is 218 Å². The zero-order valence-electron chi connectivity index (χ0n) is 20.3. The molecule has 2 aliphatic heterocycles. The summed E-state index contributed by atoms with van der Waals surface area (Å²) < 4.78 is 18.0. The van der Waals surface area contributed by atoms with Crippen molar-refractivity contribution in [2.24, 2.45) is 0 Å². The highest BCUT2D eigenvalue weighted by Crippen LogP contribution is 2.36. The molecule has 1 amide bonds. The topological polar surface area (TPSA) is 106 Å². The molecule has 36 heavy (non-hydrogen) atoms. The van der Waals surface area contributed by atoms with E-state index >= 15 is 0 Å². The number of carbonyl (C=O) groups is 1. The number of amides is 1. The first-order valence-electron chi connectivity index (χ1n) is 11.4. The lowest BCUT2D eigenvalue weighted by Gasteiger charge is -2.20. The number of hydrogen-bond donors (Lipinski definition) is 1. The van der Waals surface area contributed by atoms with Crippen LogP contribution < -0.4 is 20.3 Å². The Bertz CT molecular complexity index is 1350. The molecule has 0 bridgehead atoms. The van der Waals surface area contributed by atoms with E-state index in [4.69, 9.17) is 26.4 Å². The van der Waals surface area contributed by atoms with Crippen molar-refractivity contribution >= 4 is 46.1 Å². The molecule has 0 atom stereocenters. The van der Waals surface area contributed by atoms with Crippen molar-refractivity contribution in [3.05, 3.63) is 55.7 Å². The number of hydrogen-bond acceptors (Lipinski definition) is 9. The number of pyridine rings is 1. The van der Waals surface area contributed by atoms with Crippen molar-refractivity contribution < 1.29 is 19.0 Å². The van der Waals surface area contributed by atoms with Gasteiger partial charge in [0.25, 0.3) is 11.5 Å². The van der Waals surface area contributed by atoms with E-state index in [2.05, 4.69) is 5.32 Å². The summed E-state index contributed by atoms with van der Waals surface area (Å²) in [6.07, 6.45) is 2.40. The Kier molecular flexibility index (Phi) is 7.98. The first-order chi connectivity index (χ1) is 17.4. The number of carbonyl (C=O) groups excluding carboxylic acids is 1. The lowest BCUT2D eigenvalue weighted by molar-refractivity contribution is -0.122. The zero-order chi connectivity index (χ0) is 25.8. The number of fused-ring (bicyclic) bond motifs is 1. The van der Waals surface area contributed by atoms with E-state index in [1.165, 1.54) is 16.7 Å². The van der Waals surface area contributed by atoms with E-state index in [1.807, 2.05) is 31.2 Å². The number of thioether (sulfide) groups is 1.